The quantitative estimate of drug-likeness (QED) is 0.709. The lowest BCUT2D eigenvalue weighted by Crippen LogP contribution is -2.42. The number of hydrogen-bond donors (Lipinski definition) is 3. The molecule has 100 valence electrons. The summed E-state index contributed by atoms with van der Waals surface area (Å²) in [5.41, 5.74) is 0.716. The van der Waals surface area contributed by atoms with Crippen LogP contribution in [0.1, 0.15) is 25.5 Å². The van der Waals surface area contributed by atoms with E-state index < -0.39 is 18.1 Å². The highest BCUT2D eigenvalue weighted by Crippen LogP contribution is 2.20. The molecule has 3 atom stereocenters. The summed E-state index contributed by atoms with van der Waals surface area (Å²) in [5.74, 6) is -0.228. The summed E-state index contributed by atoms with van der Waals surface area (Å²) in [6, 6.07) is 5.97. The molecule has 5 nitrogen and oxygen atoms in total. The van der Waals surface area contributed by atoms with Crippen LogP contribution >= 0.6 is 0 Å². The molecule has 3 unspecified atom stereocenters. The molecule has 0 saturated carbocycles. The fourth-order valence-corrected chi connectivity index (χ4v) is 1.65. The SMILES string of the molecule is COc1ccc(C(O)C(C)NC(C)C(=O)O)cc1. The van der Waals surface area contributed by atoms with Crippen LogP contribution in [0.4, 0.5) is 0 Å². The highest BCUT2D eigenvalue weighted by Gasteiger charge is 2.20. The van der Waals surface area contributed by atoms with Gasteiger partial charge in [0, 0.05) is 6.04 Å². The molecule has 0 radical (unpaired) electrons. The molecule has 0 fully saturated rings. The zero-order chi connectivity index (χ0) is 13.7. The van der Waals surface area contributed by atoms with Crippen molar-refractivity contribution < 1.29 is 19.7 Å². The topological polar surface area (TPSA) is 78.8 Å². The number of hydrogen-bond acceptors (Lipinski definition) is 4. The Morgan fingerprint density at radius 3 is 2.28 bits per heavy atom. The Kier molecular flexibility index (Phi) is 5.12. The molecule has 0 heterocycles. The monoisotopic (exact) mass is 253 g/mol. The van der Waals surface area contributed by atoms with Crippen molar-refractivity contribution in [2.75, 3.05) is 7.11 Å². The number of aliphatic carboxylic acids is 1. The lowest BCUT2D eigenvalue weighted by atomic mass is 10.0. The first-order valence-electron chi connectivity index (χ1n) is 5.76. The maximum absolute atomic E-state index is 10.7. The number of carboxylic acid groups (broad SMARTS) is 1. The minimum absolute atomic E-state index is 0.357. The molecule has 0 aromatic heterocycles. The van der Waals surface area contributed by atoms with E-state index in [0.717, 1.165) is 0 Å². The van der Waals surface area contributed by atoms with E-state index in [0.29, 0.717) is 11.3 Å². The van der Waals surface area contributed by atoms with E-state index in [4.69, 9.17) is 9.84 Å². The maximum Gasteiger partial charge on any atom is 0.320 e. The number of nitrogens with one attached hydrogen (secondary N) is 1. The highest BCUT2D eigenvalue weighted by atomic mass is 16.5. The summed E-state index contributed by atoms with van der Waals surface area (Å²) in [4.78, 5) is 10.7. The predicted molar refractivity (Wildman–Crippen MR) is 67.6 cm³/mol. The Balaban J connectivity index is 2.67. The average Bonchev–Trinajstić information content (AvgIpc) is 2.37. The average molecular weight is 253 g/mol. The summed E-state index contributed by atoms with van der Waals surface area (Å²) in [6.07, 6.45) is -0.766. The van der Waals surface area contributed by atoms with Crippen molar-refractivity contribution in [2.45, 2.75) is 32.0 Å². The molecule has 0 aliphatic heterocycles. The van der Waals surface area contributed by atoms with Crippen molar-refractivity contribution in [3.05, 3.63) is 29.8 Å². The number of aliphatic hydroxyl groups is 1. The van der Waals surface area contributed by atoms with Crippen LogP contribution in [0.25, 0.3) is 0 Å². The Morgan fingerprint density at radius 2 is 1.83 bits per heavy atom. The van der Waals surface area contributed by atoms with Crippen LogP contribution in [0.15, 0.2) is 24.3 Å². The smallest absolute Gasteiger partial charge is 0.320 e. The van der Waals surface area contributed by atoms with E-state index in [1.54, 1.807) is 45.2 Å². The first-order valence-corrected chi connectivity index (χ1v) is 5.76. The molecule has 0 saturated heterocycles. The van der Waals surface area contributed by atoms with Gasteiger partial charge in [-0.1, -0.05) is 12.1 Å². The van der Waals surface area contributed by atoms with E-state index >= 15 is 0 Å². The number of ether oxygens (including phenoxy) is 1. The van der Waals surface area contributed by atoms with Gasteiger partial charge in [-0.2, -0.15) is 0 Å². The fourth-order valence-electron chi connectivity index (χ4n) is 1.65. The second kappa shape index (κ2) is 6.37. The van der Waals surface area contributed by atoms with Gasteiger partial charge < -0.3 is 14.9 Å². The first kappa shape index (κ1) is 14.5. The standard InChI is InChI=1S/C13H19NO4/c1-8(14-9(2)13(16)17)12(15)10-4-6-11(18-3)7-5-10/h4-9,12,14-15H,1-3H3,(H,16,17). The number of aliphatic hydroxyl groups excluding tert-OH is 1. The third-order valence-corrected chi connectivity index (χ3v) is 2.81. The van der Waals surface area contributed by atoms with E-state index in [9.17, 15) is 9.90 Å². The lowest BCUT2D eigenvalue weighted by molar-refractivity contribution is -0.139. The summed E-state index contributed by atoms with van der Waals surface area (Å²) in [7, 11) is 1.57. The molecule has 0 bridgehead atoms. The zero-order valence-corrected chi connectivity index (χ0v) is 10.8. The van der Waals surface area contributed by atoms with Crippen LogP contribution < -0.4 is 10.1 Å². The van der Waals surface area contributed by atoms with Crippen LogP contribution in [-0.4, -0.2) is 35.4 Å². The fraction of sp³-hybridized carbons (Fsp3) is 0.462. The lowest BCUT2D eigenvalue weighted by Gasteiger charge is -2.22. The molecule has 18 heavy (non-hydrogen) atoms. The van der Waals surface area contributed by atoms with Gasteiger partial charge in [-0.3, -0.25) is 10.1 Å². The van der Waals surface area contributed by atoms with E-state index in [1.165, 1.54) is 0 Å². The first-order chi connectivity index (χ1) is 8.45. The summed E-state index contributed by atoms with van der Waals surface area (Å²) < 4.78 is 5.03. The number of rotatable bonds is 6. The molecule has 0 spiro atoms. The van der Waals surface area contributed by atoms with Gasteiger partial charge >= 0.3 is 5.97 Å². The molecule has 1 aromatic rings. The Bertz CT molecular complexity index is 390. The molecule has 0 aliphatic rings. The second-order valence-electron chi connectivity index (χ2n) is 4.23. The summed E-state index contributed by atoms with van der Waals surface area (Å²) in [5, 5.41) is 21.7. The number of carboxylic acids is 1. The maximum atomic E-state index is 10.7. The van der Waals surface area contributed by atoms with E-state index in [-0.39, 0.29) is 6.04 Å². The number of carbonyl (C=O) groups is 1. The van der Waals surface area contributed by atoms with Crippen molar-refractivity contribution in [3.63, 3.8) is 0 Å². The predicted octanol–water partition coefficient (Wildman–Crippen LogP) is 1.18. The van der Waals surface area contributed by atoms with Crippen LogP contribution in [0.3, 0.4) is 0 Å². The van der Waals surface area contributed by atoms with Crippen LogP contribution in [0, 0.1) is 0 Å². The molecular formula is C13H19NO4. The van der Waals surface area contributed by atoms with Gasteiger partial charge in [0.25, 0.3) is 0 Å². The van der Waals surface area contributed by atoms with Crippen molar-refractivity contribution in [2.24, 2.45) is 0 Å². The molecule has 1 aromatic carbocycles. The summed E-state index contributed by atoms with van der Waals surface area (Å²) >= 11 is 0. The van der Waals surface area contributed by atoms with Gasteiger partial charge in [0.2, 0.25) is 0 Å². The molecule has 0 aliphatic carbocycles. The van der Waals surface area contributed by atoms with Crippen molar-refractivity contribution in [1.29, 1.82) is 0 Å². The largest absolute Gasteiger partial charge is 0.497 e. The Hall–Kier alpha value is -1.59. The van der Waals surface area contributed by atoms with Gasteiger partial charge in [-0.25, -0.2) is 0 Å². The van der Waals surface area contributed by atoms with Gasteiger partial charge in [0.15, 0.2) is 0 Å². The summed E-state index contributed by atoms with van der Waals surface area (Å²) in [6.45, 7) is 3.29. The molecule has 1 rings (SSSR count). The minimum Gasteiger partial charge on any atom is -0.497 e. The van der Waals surface area contributed by atoms with Crippen LogP contribution in [0.2, 0.25) is 0 Å². The van der Waals surface area contributed by atoms with E-state index in [2.05, 4.69) is 5.32 Å². The van der Waals surface area contributed by atoms with E-state index in [1.807, 2.05) is 0 Å². The van der Waals surface area contributed by atoms with Gasteiger partial charge in [-0.15, -0.1) is 0 Å². The Labute approximate surface area is 106 Å². The normalized spacial score (nSPS) is 15.8. The van der Waals surface area contributed by atoms with Crippen LogP contribution in [-0.2, 0) is 4.79 Å². The molecule has 3 N–H and O–H groups in total. The highest BCUT2D eigenvalue weighted by molar-refractivity contribution is 5.72. The molecule has 5 heteroatoms. The number of benzene rings is 1. The van der Waals surface area contributed by atoms with Crippen molar-refractivity contribution in [3.8, 4) is 5.75 Å². The second-order valence-corrected chi connectivity index (χ2v) is 4.23. The third kappa shape index (κ3) is 3.72. The van der Waals surface area contributed by atoms with Gasteiger partial charge in [0.1, 0.15) is 11.8 Å². The van der Waals surface area contributed by atoms with Crippen molar-refractivity contribution in [1.82, 2.24) is 5.32 Å². The minimum atomic E-state index is -0.941. The third-order valence-electron chi connectivity index (χ3n) is 2.81. The number of methoxy groups -OCH3 is 1. The Morgan fingerprint density at radius 1 is 1.28 bits per heavy atom. The van der Waals surface area contributed by atoms with Gasteiger partial charge in [0.05, 0.1) is 13.2 Å². The van der Waals surface area contributed by atoms with Crippen LogP contribution in [0.5, 0.6) is 5.75 Å². The van der Waals surface area contributed by atoms with Crippen molar-refractivity contribution >= 4 is 5.97 Å². The molecular weight excluding hydrogens is 234 g/mol. The zero-order valence-electron chi connectivity index (χ0n) is 10.8. The van der Waals surface area contributed by atoms with Gasteiger partial charge in [-0.05, 0) is 31.5 Å². The molecule has 0 amide bonds.